The Hall–Kier alpha value is -0.770. The van der Waals surface area contributed by atoms with Crippen LogP contribution in [-0.4, -0.2) is 29.8 Å². The van der Waals surface area contributed by atoms with Crippen molar-refractivity contribution in [1.29, 1.82) is 0 Å². The standard InChI is InChI=1S/C10H21N3O/c1-8(6-7-14)12-10(11)13-9-4-2-3-5-9/h8-9,14H,2-7H2,1H3,(H3,11,12,13). The minimum atomic E-state index is 0.185. The lowest BCUT2D eigenvalue weighted by molar-refractivity contribution is 0.275. The molecule has 0 aliphatic heterocycles. The summed E-state index contributed by atoms with van der Waals surface area (Å²) in [6, 6.07) is 0.619. The number of aliphatic hydroxyl groups excluding tert-OH is 1. The van der Waals surface area contributed by atoms with Crippen molar-refractivity contribution in [3.05, 3.63) is 0 Å². The molecule has 1 aliphatic rings. The first-order chi connectivity index (χ1) is 6.72. The van der Waals surface area contributed by atoms with Crippen molar-refractivity contribution in [2.75, 3.05) is 6.61 Å². The van der Waals surface area contributed by atoms with E-state index in [9.17, 15) is 0 Å². The van der Waals surface area contributed by atoms with Gasteiger partial charge in [-0.1, -0.05) is 12.8 Å². The summed E-state index contributed by atoms with van der Waals surface area (Å²) in [6.45, 7) is 2.18. The molecule has 4 heteroatoms. The lowest BCUT2D eigenvalue weighted by atomic mass is 10.2. The van der Waals surface area contributed by atoms with Crippen LogP contribution in [0.2, 0.25) is 0 Å². The van der Waals surface area contributed by atoms with Crippen LogP contribution in [0.25, 0.3) is 0 Å². The minimum Gasteiger partial charge on any atom is -0.396 e. The van der Waals surface area contributed by atoms with Gasteiger partial charge >= 0.3 is 0 Å². The van der Waals surface area contributed by atoms with Gasteiger partial charge in [-0.05, 0) is 26.2 Å². The minimum absolute atomic E-state index is 0.185. The van der Waals surface area contributed by atoms with Crippen LogP contribution in [0.5, 0.6) is 0 Å². The van der Waals surface area contributed by atoms with Gasteiger partial charge in [-0.25, -0.2) is 0 Å². The molecule has 1 fully saturated rings. The van der Waals surface area contributed by atoms with Gasteiger partial charge in [-0.3, -0.25) is 4.99 Å². The average molecular weight is 199 g/mol. The van der Waals surface area contributed by atoms with Gasteiger partial charge in [0.15, 0.2) is 5.96 Å². The third kappa shape index (κ3) is 3.96. The Labute approximate surface area is 85.6 Å². The summed E-state index contributed by atoms with van der Waals surface area (Å²) in [5.41, 5.74) is 5.74. The van der Waals surface area contributed by atoms with E-state index >= 15 is 0 Å². The Morgan fingerprint density at radius 3 is 2.79 bits per heavy atom. The topological polar surface area (TPSA) is 70.6 Å². The van der Waals surface area contributed by atoms with E-state index in [0.29, 0.717) is 18.4 Å². The van der Waals surface area contributed by atoms with Gasteiger partial charge in [0.05, 0.1) is 6.04 Å². The molecule has 1 unspecified atom stereocenters. The number of aliphatic imine (C=N–C) groups is 1. The van der Waals surface area contributed by atoms with Crippen LogP contribution in [0.3, 0.4) is 0 Å². The normalized spacial score (nSPS) is 21.1. The molecular formula is C10H21N3O. The van der Waals surface area contributed by atoms with Gasteiger partial charge in [0, 0.05) is 12.6 Å². The number of nitrogens with one attached hydrogen (secondary N) is 1. The van der Waals surface area contributed by atoms with E-state index in [1.54, 1.807) is 0 Å². The SMILES string of the molecule is CC(CCO)NC(N)=NC1CCCC1. The van der Waals surface area contributed by atoms with Crippen LogP contribution in [0.4, 0.5) is 0 Å². The number of nitrogens with two attached hydrogens (primary N) is 1. The highest BCUT2D eigenvalue weighted by atomic mass is 16.3. The molecule has 0 radical (unpaired) electrons. The number of hydrogen-bond acceptors (Lipinski definition) is 2. The fourth-order valence-electron chi connectivity index (χ4n) is 1.79. The maximum absolute atomic E-state index is 8.71. The average Bonchev–Trinajstić information content (AvgIpc) is 2.56. The molecule has 4 nitrogen and oxygen atoms in total. The molecule has 1 aliphatic carbocycles. The molecule has 1 atom stereocenters. The van der Waals surface area contributed by atoms with Crippen LogP contribution in [0, 0.1) is 0 Å². The number of hydrogen-bond donors (Lipinski definition) is 3. The van der Waals surface area contributed by atoms with Gasteiger partial charge in [0.25, 0.3) is 0 Å². The van der Waals surface area contributed by atoms with E-state index in [4.69, 9.17) is 10.8 Å². The molecule has 14 heavy (non-hydrogen) atoms. The fourth-order valence-corrected chi connectivity index (χ4v) is 1.79. The second kappa shape index (κ2) is 5.86. The summed E-state index contributed by atoms with van der Waals surface area (Å²) in [7, 11) is 0. The molecule has 1 rings (SSSR count). The first kappa shape index (κ1) is 11.3. The summed E-state index contributed by atoms with van der Waals surface area (Å²) in [6.07, 6.45) is 5.58. The molecule has 82 valence electrons. The van der Waals surface area contributed by atoms with E-state index in [0.717, 1.165) is 12.8 Å². The first-order valence-corrected chi connectivity index (χ1v) is 5.43. The molecule has 0 aromatic heterocycles. The summed E-state index contributed by atoms with van der Waals surface area (Å²) in [5.74, 6) is 0.526. The van der Waals surface area contributed by atoms with Crippen LogP contribution in [-0.2, 0) is 0 Å². The maximum Gasteiger partial charge on any atom is 0.189 e. The molecule has 0 heterocycles. The van der Waals surface area contributed by atoms with E-state index in [1.807, 2.05) is 6.92 Å². The van der Waals surface area contributed by atoms with Gasteiger partial charge < -0.3 is 16.2 Å². The summed E-state index contributed by atoms with van der Waals surface area (Å²) < 4.78 is 0. The molecule has 0 bridgehead atoms. The van der Waals surface area contributed by atoms with Crippen LogP contribution in [0.15, 0.2) is 4.99 Å². The van der Waals surface area contributed by atoms with E-state index in [2.05, 4.69) is 10.3 Å². The van der Waals surface area contributed by atoms with E-state index < -0.39 is 0 Å². The van der Waals surface area contributed by atoms with E-state index in [1.165, 1.54) is 12.8 Å². The lowest BCUT2D eigenvalue weighted by Gasteiger charge is -2.14. The Bertz CT molecular complexity index is 188. The lowest BCUT2D eigenvalue weighted by Crippen LogP contribution is -2.39. The maximum atomic E-state index is 8.71. The third-order valence-electron chi connectivity index (χ3n) is 2.60. The molecule has 0 amide bonds. The van der Waals surface area contributed by atoms with Gasteiger partial charge in [-0.2, -0.15) is 0 Å². The van der Waals surface area contributed by atoms with Gasteiger partial charge in [0.2, 0.25) is 0 Å². The molecule has 1 saturated carbocycles. The summed E-state index contributed by atoms with van der Waals surface area (Å²) >= 11 is 0. The number of rotatable bonds is 4. The highest BCUT2D eigenvalue weighted by molar-refractivity contribution is 5.78. The molecule has 4 N–H and O–H groups in total. The highest BCUT2D eigenvalue weighted by Gasteiger charge is 2.14. The quantitative estimate of drug-likeness (QED) is 0.459. The van der Waals surface area contributed by atoms with Crippen molar-refractivity contribution in [2.45, 2.75) is 51.1 Å². The van der Waals surface area contributed by atoms with Crippen molar-refractivity contribution in [3.8, 4) is 0 Å². The number of nitrogens with zero attached hydrogens (tertiary/aromatic N) is 1. The van der Waals surface area contributed by atoms with Crippen molar-refractivity contribution >= 4 is 5.96 Å². The number of aliphatic hydroxyl groups is 1. The van der Waals surface area contributed by atoms with Crippen molar-refractivity contribution < 1.29 is 5.11 Å². The highest BCUT2D eigenvalue weighted by Crippen LogP contribution is 2.20. The van der Waals surface area contributed by atoms with Crippen LogP contribution < -0.4 is 11.1 Å². The fraction of sp³-hybridized carbons (Fsp3) is 0.900. The Morgan fingerprint density at radius 2 is 2.21 bits per heavy atom. The first-order valence-electron chi connectivity index (χ1n) is 5.43. The second-order valence-electron chi connectivity index (χ2n) is 4.01. The van der Waals surface area contributed by atoms with E-state index in [-0.39, 0.29) is 12.6 Å². The van der Waals surface area contributed by atoms with Crippen molar-refractivity contribution in [1.82, 2.24) is 5.32 Å². The van der Waals surface area contributed by atoms with Gasteiger partial charge in [0.1, 0.15) is 0 Å². The monoisotopic (exact) mass is 199 g/mol. The predicted molar refractivity (Wildman–Crippen MR) is 58.2 cm³/mol. The molecule has 0 aromatic rings. The zero-order chi connectivity index (χ0) is 10.4. The van der Waals surface area contributed by atoms with Gasteiger partial charge in [-0.15, -0.1) is 0 Å². The smallest absolute Gasteiger partial charge is 0.189 e. The van der Waals surface area contributed by atoms with Crippen LogP contribution in [0.1, 0.15) is 39.0 Å². The zero-order valence-electron chi connectivity index (χ0n) is 8.87. The largest absolute Gasteiger partial charge is 0.396 e. The second-order valence-corrected chi connectivity index (χ2v) is 4.01. The van der Waals surface area contributed by atoms with Crippen LogP contribution >= 0.6 is 0 Å². The predicted octanol–water partition coefficient (Wildman–Crippen LogP) is 0.604. The van der Waals surface area contributed by atoms with Crippen molar-refractivity contribution in [3.63, 3.8) is 0 Å². The van der Waals surface area contributed by atoms with Crippen molar-refractivity contribution in [2.24, 2.45) is 10.7 Å². The Morgan fingerprint density at radius 1 is 1.57 bits per heavy atom. The molecular weight excluding hydrogens is 178 g/mol. The summed E-state index contributed by atoms with van der Waals surface area (Å²) in [5, 5.41) is 11.8. The number of guanidine groups is 1. The molecule has 0 spiro atoms. The third-order valence-corrected chi connectivity index (χ3v) is 2.60. The Kier molecular flexibility index (Phi) is 4.73. The molecule has 0 saturated heterocycles. The Balaban J connectivity index is 2.28. The zero-order valence-corrected chi connectivity index (χ0v) is 8.87. The molecule has 0 aromatic carbocycles. The summed E-state index contributed by atoms with van der Waals surface area (Å²) in [4.78, 5) is 4.40.